The van der Waals surface area contributed by atoms with Gasteiger partial charge in [0.25, 0.3) is 0 Å². The summed E-state index contributed by atoms with van der Waals surface area (Å²) in [6.45, 7) is 6.72. The van der Waals surface area contributed by atoms with Crippen molar-refractivity contribution in [2.75, 3.05) is 7.05 Å². The van der Waals surface area contributed by atoms with E-state index in [1.54, 1.807) is 0 Å². The largest absolute Gasteiger partial charge is 0.317 e. The van der Waals surface area contributed by atoms with Crippen molar-refractivity contribution in [3.8, 4) is 0 Å². The van der Waals surface area contributed by atoms with Gasteiger partial charge in [-0.05, 0) is 32.2 Å². The van der Waals surface area contributed by atoms with E-state index < -0.39 is 0 Å². The molecule has 1 aliphatic rings. The Morgan fingerprint density at radius 2 is 2.17 bits per heavy atom. The first-order valence-electron chi connectivity index (χ1n) is 7.11. The molecule has 1 heterocycles. The molecule has 1 aromatic rings. The Labute approximate surface area is 115 Å². The number of thiazole rings is 1. The lowest BCUT2D eigenvalue weighted by atomic mass is 9.84. The van der Waals surface area contributed by atoms with Crippen LogP contribution in [0, 0.1) is 5.92 Å². The zero-order chi connectivity index (χ0) is 13.2. The third-order valence-electron chi connectivity index (χ3n) is 3.97. The van der Waals surface area contributed by atoms with E-state index in [4.69, 9.17) is 4.98 Å². The van der Waals surface area contributed by atoms with Crippen molar-refractivity contribution in [3.05, 3.63) is 16.1 Å². The zero-order valence-electron chi connectivity index (χ0n) is 12.1. The molecular formula is C15H26N2S. The van der Waals surface area contributed by atoms with Crippen molar-refractivity contribution in [1.29, 1.82) is 0 Å². The van der Waals surface area contributed by atoms with Gasteiger partial charge in [-0.1, -0.05) is 27.2 Å². The minimum Gasteiger partial charge on any atom is -0.317 e. The molecule has 2 nitrogen and oxygen atoms in total. The molecule has 0 aromatic carbocycles. The predicted molar refractivity (Wildman–Crippen MR) is 79.3 cm³/mol. The molecule has 3 heteroatoms. The molecule has 18 heavy (non-hydrogen) atoms. The first kappa shape index (κ1) is 14.0. The first-order valence-corrected chi connectivity index (χ1v) is 7.99. The second kappa shape index (κ2) is 5.70. The van der Waals surface area contributed by atoms with Crippen LogP contribution < -0.4 is 5.32 Å². The van der Waals surface area contributed by atoms with Crippen LogP contribution in [0.3, 0.4) is 0 Å². The van der Waals surface area contributed by atoms with Gasteiger partial charge in [-0.3, -0.25) is 0 Å². The van der Waals surface area contributed by atoms with E-state index in [9.17, 15) is 0 Å². The van der Waals surface area contributed by atoms with Gasteiger partial charge >= 0.3 is 0 Å². The van der Waals surface area contributed by atoms with Crippen molar-refractivity contribution < 1.29 is 0 Å². The van der Waals surface area contributed by atoms with Crippen molar-refractivity contribution in [1.82, 2.24) is 10.3 Å². The third kappa shape index (κ3) is 3.55. The van der Waals surface area contributed by atoms with Gasteiger partial charge in [-0.15, -0.1) is 11.3 Å². The minimum atomic E-state index is 0.189. The first-order chi connectivity index (χ1) is 8.49. The van der Waals surface area contributed by atoms with Gasteiger partial charge in [0, 0.05) is 23.3 Å². The van der Waals surface area contributed by atoms with Gasteiger partial charge in [0.1, 0.15) is 0 Å². The summed E-state index contributed by atoms with van der Waals surface area (Å²) in [5.74, 6) is 0.829. The third-order valence-corrected chi connectivity index (χ3v) is 4.85. The van der Waals surface area contributed by atoms with Crippen LogP contribution in [0.2, 0.25) is 0 Å². The Hall–Kier alpha value is -0.410. The van der Waals surface area contributed by atoms with Crippen LogP contribution in [-0.2, 0) is 11.8 Å². The summed E-state index contributed by atoms with van der Waals surface area (Å²) < 4.78 is 0. The second-order valence-corrected chi connectivity index (χ2v) is 7.54. The number of nitrogens with one attached hydrogen (secondary N) is 1. The molecule has 2 unspecified atom stereocenters. The molecule has 0 aliphatic heterocycles. The summed E-state index contributed by atoms with van der Waals surface area (Å²) in [5, 5.41) is 7.01. The molecule has 0 radical (unpaired) electrons. The second-order valence-electron chi connectivity index (χ2n) is 6.60. The average molecular weight is 266 g/mol. The topological polar surface area (TPSA) is 24.9 Å². The Morgan fingerprint density at radius 3 is 2.78 bits per heavy atom. The molecule has 1 aromatic heterocycles. The van der Waals surface area contributed by atoms with Crippen LogP contribution in [0.4, 0.5) is 0 Å². The molecule has 0 saturated heterocycles. The maximum atomic E-state index is 4.82. The molecule has 2 rings (SSSR count). The molecule has 0 amide bonds. The number of nitrogens with zero attached hydrogens (tertiary/aromatic N) is 1. The average Bonchev–Trinajstić information content (AvgIpc) is 2.77. The van der Waals surface area contributed by atoms with E-state index in [2.05, 4.69) is 38.5 Å². The quantitative estimate of drug-likeness (QED) is 0.901. The lowest BCUT2D eigenvalue weighted by molar-refractivity contribution is 0.294. The Kier molecular flexibility index (Phi) is 4.44. The van der Waals surface area contributed by atoms with Crippen LogP contribution >= 0.6 is 11.3 Å². The van der Waals surface area contributed by atoms with Crippen molar-refractivity contribution in [2.45, 2.75) is 64.3 Å². The lowest BCUT2D eigenvalue weighted by Gasteiger charge is -2.28. The number of rotatable bonds is 3. The van der Waals surface area contributed by atoms with E-state index in [1.165, 1.54) is 42.8 Å². The Morgan fingerprint density at radius 1 is 1.39 bits per heavy atom. The molecule has 1 fully saturated rings. The van der Waals surface area contributed by atoms with Crippen molar-refractivity contribution >= 4 is 11.3 Å². The molecule has 1 N–H and O–H groups in total. The van der Waals surface area contributed by atoms with Crippen molar-refractivity contribution in [3.63, 3.8) is 0 Å². The molecule has 2 atom stereocenters. The van der Waals surface area contributed by atoms with Gasteiger partial charge in [0.05, 0.1) is 10.7 Å². The molecular weight excluding hydrogens is 240 g/mol. The van der Waals surface area contributed by atoms with Crippen LogP contribution in [-0.4, -0.2) is 18.1 Å². The number of aromatic nitrogens is 1. The molecule has 0 bridgehead atoms. The van der Waals surface area contributed by atoms with E-state index in [-0.39, 0.29) is 5.41 Å². The monoisotopic (exact) mass is 266 g/mol. The van der Waals surface area contributed by atoms with Gasteiger partial charge in [0.15, 0.2) is 0 Å². The van der Waals surface area contributed by atoms with Crippen LogP contribution in [0.15, 0.2) is 5.38 Å². The summed E-state index contributed by atoms with van der Waals surface area (Å²) >= 11 is 1.85. The standard InChI is InChI=1S/C15H26N2S/c1-15(2,3)13-10-18-14(17-13)9-11-6-5-7-12(8-11)16-4/h10-12,16H,5-9H2,1-4H3. The minimum absolute atomic E-state index is 0.189. The van der Waals surface area contributed by atoms with Gasteiger partial charge < -0.3 is 5.32 Å². The zero-order valence-corrected chi connectivity index (χ0v) is 12.9. The molecule has 0 spiro atoms. The highest BCUT2D eigenvalue weighted by Gasteiger charge is 2.23. The van der Waals surface area contributed by atoms with E-state index in [0.29, 0.717) is 0 Å². The number of hydrogen-bond donors (Lipinski definition) is 1. The fourth-order valence-electron chi connectivity index (χ4n) is 2.73. The van der Waals surface area contributed by atoms with Gasteiger partial charge in [-0.25, -0.2) is 4.98 Å². The fraction of sp³-hybridized carbons (Fsp3) is 0.800. The van der Waals surface area contributed by atoms with Gasteiger partial charge in [0.2, 0.25) is 0 Å². The SMILES string of the molecule is CNC1CCCC(Cc2nc(C(C)(C)C)cs2)C1. The highest BCUT2D eigenvalue weighted by Crippen LogP contribution is 2.30. The summed E-state index contributed by atoms with van der Waals surface area (Å²) in [6, 6.07) is 0.728. The summed E-state index contributed by atoms with van der Waals surface area (Å²) in [6.07, 6.45) is 6.59. The summed E-state index contributed by atoms with van der Waals surface area (Å²) in [5.41, 5.74) is 1.44. The van der Waals surface area contributed by atoms with E-state index in [1.807, 2.05) is 11.3 Å². The highest BCUT2D eigenvalue weighted by molar-refractivity contribution is 7.09. The van der Waals surface area contributed by atoms with Crippen molar-refractivity contribution in [2.24, 2.45) is 5.92 Å². The molecule has 1 aliphatic carbocycles. The Bertz CT molecular complexity index is 378. The van der Waals surface area contributed by atoms with Crippen LogP contribution in [0.5, 0.6) is 0 Å². The van der Waals surface area contributed by atoms with E-state index in [0.717, 1.165) is 12.0 Å². The summed E-state index contributed by atoms with van der Waals surface area (Å²) in [7, 11) is 2.09. The van der Waals surface area contributed by atoms with Crippen LogP contribution in [0.25, 0.3) is 0 Å². The smallest absolute Gasteiger partial charge is 0.0931 e. The fourth-order valence-corrected chi connectivity index (χ4v) is 3.87. The highest BCUT2D eigenvalue weighted by atomic mass is 32.1. The lowest BCUT2D eigenvalue weighted by Crippen LogP contribution is -2.31. The maximum absolute atomic E-state index is 4.82. The summed E-state index contributed by atoms with van der Waals surface area (Å²) in [4.78, 5) is 4.82. The van der Waals surface area contributed by atoms with E-state index >= 15 is 0 Å². The maximum Gasteiger partial charge on any atom is 0.0931 e. The molecule has 102 valence electrons. The predicted octanol–water partition coefficient (Wildman–Crippen LogP) is 3.76. The Balaban J connectivity index is 1.95. The van der Waals surface area contributed by atoms with Crippen LogP contribution in [0.1, 0.15) is 57.2 Å². The van der Waals surface area contributed by atoms with Gasteiger partial charge in [-0.2, -0.15) is 0 Å². The molecule has 1 saturated carbocycles. The normalized spacial score (nSPS) is 25.3. The number of hydrogen-bond acceptors (Lipinski definition) is 3.